The van der Waals surface area contributed by atoms with Crippen molar-refractivity contribution >= 4 is 17.2 Å². The molecule has 0 atom stereocenters. The van der Waals surface area contributed by atoms with Crippen molar-refractivity contribution in [2.75, 3.05) is 13.1 Å². The number of benzene rings is 1. The fourth-order valence-corrected chi connectivity index (χ4v) is 4.50. The SMILES string of the molecule is Cc1nc(C2(c3ccccc3)CCN(C(=O)c3coc(CN)n3)CC2)cs1. The summed E-state index contributed by atoms with van der Waals surface area (Å²) in [6, 6.07) is 10.5. The predicted octanol–water partition coefficient (Wildman–Crippen LogP) is 3.12. The van der Waals surface area contributed by atoms with Gasteiger partial charge in [0, 0.05) is 23.9 Å². The lowest BCUT2D eigenvalue weighted by Crippen LogP contribution is -2.46. The summed E-state index contributed by atoms with van der Waals surface area (Å²) < 4.78 is 5.22. The second kappa shape index (κ2) is 7.25. The van der Waals surface area contributed by atoms with Gasteiger partial charge in [0.15, 0.2) is 5.69 Å². The highest BCUT2D eigenvalue weighted by molar-refractivity contribution is 7.09. The van der Waals surface area contributed by atoms with Crippen LogP contribution in [0.3, 0.4) is 0 Å². The largest absolute Gasteiger partial charge is 0.447 e. The topological polar surface area (TPSA) is 85.2 Å². The standard InChI is InChI=1S/C20H22N4O2S/c1-14-22-17(13-27-14)20(15-5-3-2-4-6-15)7-9-24(10-8-20)19(25)16-12-26-18(11-21)23-16/h2-6,12-13H,7-11,21H2,1H3. The zero-order valence-corrected chi connectivity index (χ0v) is 16.0. The van der Waals surface area contributed by atoms with E-state index in [2.05, 4.69) is 34.6 Å². The van der Waals surface area contributed by atoms with Gasteiger partial charge in [-0.3, -0.25) is 4.79 Å². The highest BCUT2D eigenvalue weighted by Crippen LogP contribution is 2.42. The summed E-state index contributed by atoms with van der Waals surface area (Å²) in [6.07, 6.45) is 3.05. The number of aromatic nitrogens is 2. The van der Waals surface area contributed by atoms with Crippen LogP contribution in [0.4, 0.5) is 0 Å². The van der Waals surface area contributed by atoms with Crippen molar-refractivity contribution < 1.29 is 9.21 Å². The molecule has 1 saturated heterocycles. The summed E-state index contributed by atoms with van der Waals surface area (Å²) in [5.41, 5.74) is 8.05. The molecule has 0 radical (unpaired) electrons. The van der Waals surface area contributed by atoms with Crippen molar-refractivity contribution in [1.29, 1.82) is 0 Å². The Balaban J connectivity index is 1.59. The summed E-state index contributed by atoms with van der Waals surface area (Å²) in [4.78, 5) is 23.6. The first-order valence-corrected chi connectivity index (χ1v) is 9.92. The average Bonchev–Trinajstić information content (AvgIpc) is 3.37. The van der Waals surface area contributed by atoms with E-state index in [4.69, 9.17) is 15.1 Å². The van der Waals surface area contributed by atoms with Crippen LogP contribution >= 0.6 is 11.3 Å². The number of piperidine rings is 1. The number of carbonyl (C=O) groups excluding carboxylic acids is 1. The Morgan fingerprint density at radius 2 is 2.00 bits per heavy atom. The number of amides is 1. The van der Waals surface area contributed by atoms with Crippen LogP contribution in [0.5, 0.6) is 0 Å². The number of hydrogen-bond acceptors (Lipinski definition) is 6. The minimum atomic E-state index is -0.158. The Morgan fingerprint density at radius 3 is 2.59 bits per heavy atom. The molecule has 0 spiro atoms. The average molecular weight is 382 g/mol. The predicted molar refractivity (Wildman–Crippen MR) is 104 cm³/mol. The van der Waals surface area contributed by atoms with Crippen LogP contribution in [0.25, 0.3) is 0 Å². The van der Waals surface area contributed by atoms with Crippen molar-refractivity contribution in [3.63, 3.8) is 0 Å². The lowest BCUT2D eigenvalue weighted by molar-refractivity contribution is 0.0678. The zero-order valence-electron chi connectivity index (χ0n) is 15.2. The van der Waals surface area contributed by atoms with Gasteiger partial charge >= 0.3 is 0 Å². The van der Waals surface area contributed by atoms with Gasteiger partial charge in [0.25, 0.3) is 5.91 Å². The van der Waals surface area contributed by atoms with Gasteiger partial charge in [0.2, 0.25) is 5.89 Å². The molecule has 1 aromatic carbocycles. The summed E-state index contributed by atoms with van der Waals surface area (Å²) >= 11 is 1.67. The number of hydrogen-bond donors (Lipinski definition) is 1. The van der Waals surface area contributed by atoms with E-state index in [-0.39, 0.29) is 17.9 Å². The second-order valence-corrected chi connectivity index (χ2v) is 7.88. The first-order valence-electron chi connectivity index (χ1n) is 9.04. The molecule has 0 bridgehead atoms. The quantitative estimate of drug-likeness (QED) is 0.749. The van der Waals surface area contributed by atoms with Crippen LogP contribution in [-0.4, -0.2) is 33.9 Å². The number of aryl methyl sites for hydroxylation is 1. The van der Waals surface area contributed by atoms with Crippen LogP contribution < -0.4 is 5.73 Å². The molecule has 7 heteroatoms. The molecule has 3 aromatic rings. The van der Waals surface area contributed by atoms with E-state index in [0.717, 1.165) is 23.5 Å². The van der Waals surface area contributed by atoms with Crippen LogP contribution in [0.2, 0.25) is 0 Å². The maximum absolute atomic E-state index is 12.8. The van der Waals surface area contributed by atoms with Gasteiger partial charge < -0.3 is 15.1 Å². The van der Waals surface area contributed by atoms with E-state index in [0.29, 0.717) is 24.7 Å². The molecule has 2 N–H and O–H groups in total. The molecule has 1 aliphatic heterocycles. The molecule has 1 amide bonds. The van der Waals surface area contributed by atoms with E-state index in [1.54, 1.807) is 11.3 Å². The summed E-state index contributed by atoms with van der Waals surface area (Å²) in [5.74, 6) is 0.279. The van der Waals surface area contributed by atoms with Gasteiger partial charge in [-0.15, -0.1) is 11.3 Å². The van der Waals surface area contributed by atoms with Crippen LogP contribution in [0.1, 0.15) is 45.5 Å². The summed E-state index contributed by atoms with van der Waals surface area (Å²) in [6.45, 7) is 3.52. The molecule has 0 aliphatic carbocycles. The molecule has 6 nitrogen and oxygen atoms in total. The third-order valence-corrected chi connectivity index (χ3v) is 6.06. The Labute approximate surface area is 162 Å². The van der Waals surface area contributed by atoms with E-state index >= 15 is 0 Å². The number of rotatable bonds is 4. The van der Waals surface area contributed by atoms with E-state index in [9.17, 15) is 4.79 Å². The minimum Gasteiger partial charge on any atom is -0.447 e. The normalized spacial score (nSPS) is 16.4. The molecule has 140 valence electrons. The Morgan fingerprint density at radius 1 is 1.26 bits per heavy atom. The highest BCUT2D eigenvalue weighted by Gasteiger charge is 2.41. The molecule has 1 aliphatic rings. The van der Waals surface area contributed by atoms with Gasteiger partial charge in [-0.2, -0.15) is 0 Å². The molecule has 27 heavy (non-hydrogen) atoms. The lowest BCUT2D eigenvalue weighted by Gasteiger charge is -2.41. The number of carbonyl (C=O) groups is 1. The number of nitrogens with two attached hydrogens (primary N) is 1. The van der Waals surface area contributed by atoms with Crippen molar-refractivity contribution in [1.82, 2.24) is 14.9 Å². The van der Waals surface area contributed by atoms with Crippen LogP contribution in [0.15, 0.2) is 46.4 Å². The van der Waals surface area contributed by atoms with Gasteiger partial charge in [0.1, 0.15) is 6.26 Å². The molecule has 2 aromatic heterocycles. The van der Waals surface area contributed by atoms with E-state index < -0.39 is 0 Å². The van der Waals surface area contributed by atoms with Crippen molar-refractivity contribution in [2.24, 2.45) is 5.73 Å². The molecule has 3 heterocycles. The monoisotopic (exact) mass is 382 g/mol. The fourth-order valence-electron chi connectivity index (χ4n) is 3.79. The fraction of sp³-hybridized carbons (Fsp3) is 0.350. The van der Waals surface area contributed by atoms with Gasteiger partial charge in [-0.25, -0.2) is 9.97 Å². The van der Waals surface area contributed by atoms with Crippen LogP contribution in [-0.2, 0) is 12.0 Å². The lowest BCUT2D eigenvalue weighted by atomic mass is 9.70. The Bertz CT molecular complexity index is 926. The minimum absolute atomic E-state index is 0.102. The van der Waals surface area contributed by atoms with Crippen molar-refractivity contribution in [3.05, 3.63) is 69.8 Å². The first-order chi connectivity index (χ1) is 13.1. The van der Waals surface area contributed by atoms with Gasteiger partial charge in [-0.05, 0) is 25.3 Å². The third-order valence-electron chi connectivity index (χ3n) is 5.29. The summed E-state index contributed by atoms with van der Waals surface area (Å²) in [5, 5.41) is 3.22. The van der Waals surface area contributed by atoms with E-state index in [1.165, 1.54) is 11.8 Å². The molecule has 4 rings (SSSR count). The molecule has 0 unspecified atom stereocenters. The Kier molecular flexibility index (Phi) is 4.80. The summed E-state index contributed by atoms with van der Waals surface area (Å²) in [7, 11) is 0. The van der Waals surface area contributed by atoms with Crippen molar-refractivity contribution in [2.45, 2.75) is 31.7 Å². The van der Waals surface area contributed by atoms with Gasteiger partial charge in [-0.1, -0.05) is 30.3 Å². The number of thiazole rings is 1. The Hall–Kier alpha value is -2.51. The molecule has 0 saturated carbocycles. The highest BCUT2D eigenvalue weighted by atomic mass is 32.1. The number of oxazole rings is 1. The second-order valence-electron chi connectivity index (χ2n) is 6.82. The molecular weight excluding hydrogens is 360 g/mol. The zero-order chi connectivity index (χ0) is 18.9. The van der Waals surface area contributed by atoms with E-state index in [1.807, 2.05) is 17.9 Å². The molecular formula is C20H22N4O2S. The molecule has 1 fully saturated rings. The first kappa shape index (κ1) is 17.9. The number of nitrogens with zero attached hydrogens (tertiary/aromatic N) is 3. The van der Waals surface area contributed by atoms with Crippen LogP contribution in [0, 0.1) is 6.92 Å². The van der Waals surface area contributed by atoms with Gasteiger partial charge in [0.05, 0.1) is 17.2 Å². The maximum Gasteiger partial charge on any atom is 0.275 e. The number of likely N-dealkylation sites (tertiary alicyclic amines) is 1. The smallest absolute Gasteiger partial charge is 0.275 e. The van der Waals surface area contributed by atoms with Crippen molar-refractivity contribution in [3.8, 4) is 0 Å². The third kappa shape index (κ3) is 3.28. The maximum atomic E-state index is 12.8.